The third kappa shape index (κ3) is 5.02. The molecule has 2 rings (SSSR count). The molecule has 0 saturated carbocycles. The van der Waals surface area contributed by atoms with Gasteiger partial charge in [-0.05, 0) is 40.5 Å². The van der Waals surface area contributed by atoms with Crippen LogP contribution in [0.15, 0.2) is 11.4 Å². The van der Waals surface area contributed by atoms with Gasteiger partial charge in [0.15, 0.2) is 5.16 Å². The lowest BCUT2D eigenvalue weighted by atomic mass is 10.1. The second-order valence-electron chi connectivity index (χ2n) is 6.43. The zero-order valence-corrected chi connectivity index (χ0v) is 15.0. The summed E-state index contributed by atoms with van der Waals surface area (Å²) in [5.74, 6) is 0. The van der Waals surface area contributed by atoms with Crippen LogP contribution in [-0.2, 0) is 4.74 Å². The summed E-state index contributed by atoms with van der Waals surface area (Å²) >= 11 is 7.60. The predicted octanol–water partition coefficient (Wildman–Crippen LogP) is 3.93. The molecule has 1 fully saturated rings. The summed E-state index contributed by atoms with van der Waals surface area (Å²) < 4.78 is 5.44. The first-order valence-electron chi connectivity index (χ1n) is 7.38. The highest BCUT2D eigenvalue weighted by Gasteiger charge is 2.28. The third-order valence-corrected chi connectivity index (χ3v) is 4.70. The van der Waals surface area contributed by atoms with E-state index in [0.29, 0.717) is 16.9 Å². The van der Waals surface area contributed by atoms with E-state index in [9.17, 15) is 4.79 Å². The van der Waals surface area contributed by atoms with Crippen molar-refractivity contribution in [3.63, 3.8) is 0 Å². The van der Waals surface area contributed by atoms with Gasteiger partial charge < -0.3 is 9.64 Å². The van der Waals surface area contributed by atoms with Crippen molar-refractivity contribution >= 4 is 29.5 Å². The summed E-state index contributed by atoms with van der Waals surface area (Å²) in [7, 11) is 0. The number of ether oxygens (including phenoxy) is 1. The summed E-state index contributed by atoms with van der Waals surface area (Å²) in [5.41, 5.74) is 0.398. The number of hydrogen-bond acceptors (Lipinski definition) is 5. The van der Waals surface area contributed by atoms with Crippen molar-refractivity contribution in [2.24, 2.45) is 0 Å². The van der Waals surface area contributed by atoms with Gasteiger partial charge in [-0.15, -0.1) is 0 Å². The molecule has 1 aliphatic rings. The second kappa shape index (κ2) is 7.04. The van der Waals surface area contributed by atoms with Crippen molar-refractivity contribution in [1.82, 2.24) is 14.9 Å². The highest BCUT2D eigenvalue weighted by atomic mass is 35.5. The van der Waals surface area contributed by atoms with Crippen LogP contribution in [0, 0.1) is 6.92 Å². The van der Waals surface area contributed by atoms with Crippen molar-refractivity contribution in [2.45, 2.75) is 56.5 Å². The van der Waals surface area contributed by atoms with Crippen LogP contribution in [0.4, 0.5) is 4.79 Å². The molecule has 122 valence electrons. The molecule has 0 bridgehead atoms. The molecule has 0 radical (unpaired) electrons. The Kier molecular flexibility index (Phi) is 5.55. The Balaban J connectivity index is 1.95. The van der Waals surface area contributed by atoms with Gasteiger partial charge in [-0.3, -0.25) is 0 Å². The summed E-state index contributed by atoms with van der Waals surface area (Å²) in [4.78, 5) is 22.5. The fourth-order valence-corrected chi connectivity index (χ4v) is 3.41. The van der Waals surface area contributed by atoms with Crippen LogP contribution in [0.5, 0.6) is 0 Å². The molecule has 1 saturated heterocycles. The van der Waals surface area contributed by atoms with Crippen LogP contribution in [0.25, 0.3) is 0 Å². The standard InChI is InChI=1S/C15H22ClN3O2S/c1-10-8-17-13(18-12(10)16)22-11-6-5-7-19(9-11)14(20)21-15(2,3)4/h8,11H,5-7,9H2,1-4H3. The van der Waals surface area contributed by atoms with Crippen LogP contribution >= 0.6 is 23.4 Å². The van der Waals surface area contributed by atoms with Gasteiger partial charge in [-0.2, -0.15) is 0 Å². The average Bonchev–Trinajstić information content (AvgIpc) is 2.41. The zero-order valence-electron chi connectivity index (χ0n) is 13.4. The minimum Gasteiger partial charge on any atom is -0.444 e. The fourth-order valence-electron chi connectivity index (χ4n) is 2.14. The Morgan fingerprint density at radius 2 is 2.23 bits per heavy atom. The molecule has 1 atom stereocenters. The van der Waals surface area contributed by atoms with Crippen LogP contribution in [0.3, 0.4) is 0 Å². The SMILES string of the molecule is Cc1cnc(SC2CCCN(C(=O)OC(C)(C)C)C2)nc1Cl. The largest absolute Gasteiger partial charge is 0.444 e. The molecular weight excluding hydrogens is 322 g/mol. The van der Waals surface area contributed by atoms with E-state index in [2.05, 4.69) is 9.97 Å². The molecule has 1 aliphatic heterocycles. The molecule has 5 nitrogen and oxygen atoms in total. The number of nitrogens with zero attached hydrogens (tertiary/aromatic N) is 3. The van der Waals surface area contributed by atoms with E-state index in [-0.39, 0.29) is 11.3 Å². The molecule has 0 spiro atoms. The average molecular weight is 344 g/mol. The van der Waals surface area contributed by atoms with E-state index in [1.165, 1.54) is 0 Å². The smallest absolute Gasteiger partial charge is 0.410 e. The molecule has 1 amide bonds. The number of hydrogen-bond donors (Lipinski definition) is 0. The first kappa shape index (κ1) is 17.3. The van der Waals surface area contributed by atoms with E-state index in [4.69, 9.17) is 16.3 Å². The Morgan fingerprint density at radius 3 is 2.86 bits per heavy atom. The monoisotopic (exact) mass is 343 g/mol. The number of thioether (sulfide) groups is 1. The number of likely N-dealkylation sites (tertiary alicyclic amines) is 1. The fraction of sp³-hybridized carbons (Fsp3) is 0.667. The van der Waals surface area contributed by atoms with Crippen LogP contribution in [-0.4, -0.2) is 44.9 Å². The molecule has 1 unspecified atom stereocenters. The minimum absolute atomic E-state index is 0.249. The molecule has 1 aromatic heterocycles. The summed E-state index contributed by atoms with van der Waals surface area (Å²) in [5, 5.41) is 1.41. The predicted molar refractivity (Wildman–Crippen MR) is 88.5 cm³/mol. The molecule has 22 heavy (non-hydrogen) atoms. The lowest BCUT2D eigenvalue weighted by Crippen LogP contribution is -2.43. The van der Waals surface area contributed by atoms with Gasteiger partial charge in [-0.1, -0.05) is 23.4 Å². The third-order valence-electron chi connectivity index (χ3n) is 3.19. The van der Waals surface area contributed by atoms with Crippen LogP contribution in [0.1, 0.15) is 39.2 Å². The van der Waals surface area contributed by atoms with E-state index in [0.717, 1.165) is 24.9 Å². The lowest BCUT2D eigenvalue weighted by molar-refractivity contribution is 0.0220. The molecule has 0 aliphatic carbocycles. The highest BCUT2D eigenvalue weighted by Crippen LogP contribution is 2.29. The Labute approximate surface area is 140 Å². The summed E-state index contributed by atoms with van der Waals surface area (Å²) in [6.45, 7) is 8.90. The quantitative estimate of drug-likeness (QED) is 0.601. The molecule has 0 N–H and O–H groups in total. The van der Waals surface area contributed by atoms with Crippen molar-refractivity contribution in [3.05, 3.63) is 16.9 Å². The van der Waals surface area contributed by atoms with E-state index in [1.807, 2.05) is 27.7 Å². The lowest BCUT2D eigenvalue weighted by Gasteiger charge is -2.33. The van der Waals surface area contributed by atoms with Gasteiger partial charge in [0.05, 0.1) is 0 Å². The normalized spacial score (nSPS) is 19.1. The molecular formula is C15H22ClN3O2S. The second-order valence-corrected chi connectivity index (χ2v) is 8.06. The number of rotatable bonds is 2. The maximum atomic E-state index is 12.2. The van der Waals surface area contributed by atoms with Crippen molar-refractivity contribution in [1.29, 1.82) is 0 Å². The molecule has 7 heteroatoms. The first-order chi connectivity index (χ1) is 10.2. The van der Waals surface area contributed by atoms with Gasteiger partial charge >= 0.3 is 6.09 Å². The Bertz CT molecular complexity index is 548. The number of aryl methyl sites for hydroxylation is 1. The number of aromatic nitrogens is 2. The van der Waals surface area contributed by atoms with Crippen molar-refractivity contribution in [3.8, 4) is 0 Å². The maximum Gasteiger partial charge on any atom is 0.410 e. The zero-order chi connectivity index (χ0) is 16.3. The van der Waals surface area contributed by atoms with Gasteiger partial charge in [0.1, 0.15) is 10.8 Å². The van der Waals surface area contributed by atoms with E-state index >= 15 is 0 Å². The summed E-state index contributed by atoms with van der Waals surface area (Å²) in [6.07, 6.45) is 3.46. The molecule has 0 aromatic carbocycles. The topological polar surface area (TPSA) is 55.3 Å². The minimum atomic E-state index is -0.467. The van der Waals surface area contributed by atoms with E-state index in [1.54, 1.807) is 22.9 Å². The number of amides is 1. The van der Waals surface area contributed by atoms with Crippen molar-refractivity contribution in [2.75, 3.05) is 13.1 Å². The van der Waals surface area contributed by atoms with Gasteiger partial charge in [-0.25, -0.2) is 14.8 Å². The highest BCUT2D eigenvalue weighted by molar-refractivity contribution is 7.99. The Morgan fingerprint density at radius 1 is 1.50 bits per heavy atom. The number of piperidine rings is 1. The first-order valence-corrected chi connectivity index (χ1v) is 8.64. The van der Waals surface area contributed by atoms with E-state index < -0.39 is 5.60 Å². The van der Waals surface area contributed by atoms with Gasteiger partial charge in [0.25, 0.3) is 0 Å². The number of carbonyl (C=O) groups excluding carboxylic acids is 1. The number of halogens is 1. The van der Waals surface area contributed by atoms with Gasteiger partial charge in [0, 0.05) is 30.1 Å². The number of carbonyl (C=O) groups is 1. The van der Waals surface area contributed by atoms with Crippen LogP contribution < -0.4 is 0 Å². The van der Waals surface area contributed by atoms with Crippen molar-refractivity contribution < 1.29 is 9.53 Å². The van der Waals surface area contributed by atoms with Gasteiger partial charge in [0.2, 0.25) is 0 Å². The molecule has 2 heterocycles. The van der Waals surface area contributed by atoms with Crippen LogP contribution in [0.2, 0.25) is 5.15 Å². The molecule has 1 aromatic rings. The Hall–Kier alpha value is -1.01. The maximum absolute atomic E-state index is 12.2. The summed E-state index contributed by atoms with van der Waals surface area (Å²) in [6, 6.07) is 0.